The lowest BCUT2D eigenvalue weighted by Gasteiger charge is -2.18. The average Bonchev–Trinajstić information content (AvgIpc) is 3.29. The second-order valence-electron chi connectivity index (χ2n) is 6.94. The van der Waals surface area contributed by atoms with Crippen LogP contribution in [0, 0.1) is 0 Å². The van der Waals surface area contributed by atoms with Gasteiger partial charge in [-0.05, 0) is 25.0 Å². The van der Waals surface area contributed by atoms with Crippen LogP contribution in [0.15, 0.2) is 36.9 Å². The number of benzene rings is 1. The van der Waals surface area contributed by atoms with E-state index in [1.165, 1.54) is 6.33 Å². The van der Waals surface area contributed by atoms with Crippen LogP contribution in [0.25, 0.3) is 22.1 Å². The number of carbonyl (C=O) groups is 1. The molecule has 0 saturated heterocycles. The molecule has 5 N–H and O–H groups in total. The molecule has 0 bridgehead atoms. The number of rotatable bonds is 9. The summed E-state index contributed by atoms with van der Waals surface area (Å²) in [6.45, 7) is 2.57. The molecule has 1 amide bonds. The van der Waals surface area contributed by atoms with E-state index in [0.29, 0.717) is 41.6 Å². The van der Waals surface area contributed by atoms with Crippen LogP contribution in [0.4, 0.5) is 11.6 Å². The third kappa shape index (κ3) is 4.51. The molecule has 0 aliphatic heterocycles. The van der Waals surface area contributed by atoms with Gasteiger partial charge in [-0.25, -0.2) is 30.4 Å². The third-order valence-electron chi connectivity index (χ3n) is 4.87. The predicted octanol–water partition coefficient (Wildman–Crippen LogP) is 2.56. The lowest BCUT2D eigenvalue weighted by molar-refractivity contribution is -0.129. The number of nitrogens with one attached hydrogen (secondary N) is 4. The highest BCUT2D eigenvalue weighted by Crippen LogP contribution is 2.27. The van der Waals surface area contributed by atoms with Crippen LogP contribution >= 0.6 is 0 Å². The summed E-state index contributed by atoms with van der Waals surface area (Å²) in [4.78, 5) is 36.5. The highest BCUT2D eigenvalue weighted by atomic mass is 16.5. The Bertz CT molecular complexity index is 1190. The van der Waals surface area contributed by atoms with Gasteiger partial charge in [0.1, 0.15) is 17.7 Å². The molecule has 11 heteroatoms. The van der Waals surface area contributed by atoms with E-state index in [1.54, 1.807) is 11.8 Å². The van der Waals surface area contributed by atoms with Crippen LogP contribution < -0.4 is 16.1 Å². The fraction of sp³-hybridized carbons (Fsp3) is 0.300. The molecule has 0 fully saturated rings. The molecule has 1 unspecified atom stereocenters. The molecule has 3 heterocycles. The fourth-order valence-electron chi connectivity index (χ4n) is 3.28. The lowest BCUT2D eigenvalue weighted by atomic mass is 10.1. The van der Waals surface area contributed by atoms with Gasteiger partial charge in [0.05, 0.1) is 17.9 Å². The van der Waals surface area contributed by atoms with E-state index in [4.69, 9.17) is 15.2 Å². The Kier molecular flexibility index (Phi) is 6.13. The summed E-state index contributed by atoms with van der Waals surface area (Å²) in [7, 11) is 0. The van der Waals surface area contributed by atoms with Crippen molar-refractivity contribution in [3.8, 4) is 0 Å². The zero-order chi connectivity index (χ0) is 21.6. The maximum atomic E-state index is 11.2. The van der Waals surface area contributed by atoms with Crippen LogP contribution in [0.2, 0.25) is 0 Å². The smallest absolute Gasteiger partial charge is 0.243 e. The van der Waals surface area contributed by atoms with E-state index < -0.39 is 5.91 Å². The normalized spacial score (nSPS) is 12.1. The quantitative estimate of drug-likeness (QED) is 0.156. The number of carbonyl (C=O) groups excluding carboxylic acids is 1. The highest BCUT2D eigenvalue weighted by Gasteiger charge is 2.18. The first-order chi connectivity index (χ1) is 15.2. The summed E-state index contributed by atoms with van der Waals surface area (Å²) in [6, 6.07) is 7.56. The molecule has 11 nitrogen and oxygen atoms in total. The molecule has 160 valence electrons. The number of para-hydroxylation sites is 1. The third-order valence-corrected chi connectivity index (χ3v) is 4.87. The van der Waals surface area contributed by atoms with Crippen molar-refractivity contribution in [3.63, 3.8) is 0 Å². The van der Waals surface area contributed by atoms with Gasteiger partial charge in [-0.2, -0.15) is 0 Å². The Hall–Kier alpha value is -3.86. The van der Waals surface area contributed by atoms with E-state index in [1.807, 2.05) is 31.2 Å². The van der Waals surface area contributed by atoms with Gasteiger partial charge in [0.25, 0.3) is 0 Å². The van der Waals surface area contributed by atoms with E-state index in [9.17, 15) is 4.79 Å². The van der Waals surface area contributed by atoms with Gasteiger partial charge in [0.15, 0.2) is 17.3 Å². The van der Waals surface area contributed by atoms with Crippen LogP contribution in [0.5, 0.6) is 0 Å². The molecular weight excluding hydrogens is 398 g/mol. The van der Waals surface area contributed by atoms with Crippen LogP contribution in [0.3, 0.4) is 0 Å². The molecule has 31 heavy (non-hydrogen) atoms. The first-order valence-electron chi connectivity index (χ1n) is 10.0. The summed E-state index contributed by atoms with van der Waals surface area (Å²) in [6.07, 6.45) is 4.55. The Balaban J connectivity index is 1.61. The average molecular weight is 421 g/mol. The first-order valence-corrected chi connectivity index (χ1v) is 10.0. The molecule has 1 atom stereocenters. The SMILES string of the molecule is CCC(Nc1ncnc2[nH]cnc12)c1nc(NCCCC(=O)NO)c2ccccc2n1. The van der Waals surface area contributed by atoms with E-state index in [-0.39, 0.29) is 12.5 Å². The van der Waals surface area contributed by atoms with Gasteiger partial charge in [-0.15, -0.1) is 0 Å². The van der Waals surface area contributed by atoms with Crippen molar-refractivity contribution in [2.45, 2.75) is 32.2 Å². The number of amides is 1. The minimum Gasteiger partial charge on any atom is -0.369 e. The van der Waals surface area contributed by atoms with Gasteiger partial charge in [-0.1, -0.05) is 19.1 Å². The first kappa shape index (κ1) is 20.4. The molecule has 0 radical (unpaired) electrons. The topological polar surface area (TPSA) is 154 Å². The van der Waals surface area contributed by atoms with Crippen LogP contribution in [-0.4, -0.2) is 47.6 Å². The summed E-state index contributed by atoms with van der Waals surface area (Å²) >= 11 is 0. The van der Waals surface area contributed by atoms with Gasteiger partial charge in [0, 0.05) is 18.4 Å². The van der Waals surface area contributed by atoms with Crippen LogP contribution in [-0.2, 0) is 4.79 Å². The van der Waals surface area contributed by atoms with Crippen molar-refractivity contribution in [2.24, 2.45) is 0 Å². The summed E-state index contributed by atoms with van der Waals surface area (Å²) in [5.41, 5.74) is 3.76. The fourth-order valence-corrected chi connectivity index (χ4v) is 3.28. The Morgan fingerprint density at radius 2 is 2.03 bits per heavy atom. The minimum absolute atomic E-state index is 0.194. The zero-order valence-electron chi connectivity index (χ0n) is 17.0. The number of anilines is 2. The number of aromatic amines is 1. The minimum atomic E-state index is -0.417. The Morgan fingerprint density at radius 1 is 1.16 bits per heavy atom. The van der Waals surface area contributed by atoms with Crippen LogP contribution in [0.1, 0.15) is 38.1 Å². The second kappa shape index (κ2) is 9.30. The van der Waals surface area contributed by atoms with Gasteiger partial charge in [0.2, 0.25) is 5.91 Å². The monoisotopic (exact) mass is 421 g/mol. The molecule has 0 aliphatic rings. The second-order valence-corrected chi connectivity index (χ2v) is 6.94. The molecular formula is C20H23N9O2. The van der Waals surface area contributed by atoms with Crippen molar-refractivity contribution in [1.82, 2.24) is 35.4 Å². The Morgan fingerprint density at radius 3 is 2.87 bits per heavy atom. The number of fused-ring (bicyclic) bond motifs is 2. The molecule has 1 aromatic carbocycles. The van der Waals surface area contributed by atoms with Crippen molar-refractivity contribution in [2.75, 3.05) is 17.2 Å². The van der Waals surface area contributed by atoms with Crippen molar-refractivity contribution in [3.05, 3.63) is 42.7 Å². The predicted molar refractivity (Wildman–Crippen MR) is 116 cm³/mol. The van der Waals surface area contributed by atoms with Crippen molar-refractivity contribution >= 4 is 39.6 Å². The molecule has 0 spiro atoms. The van der Waals surface area contributed by atoms with E-state index in [0.717, 1.165) is 17.3 Å². The van der Waals surface area contributed by atoms with Gasteiger partial charge < -0.3 is 15.6 Å². The molecule has 0 aliphatic carbocycles. The molecule has 4 aromatic rings. The van der Waals surface area contributed by atoms with Gasteiger partial charge >= 0.3 is 0 Å². The Labute approximate surface area is 177 Å². The van der Waals surface area contributed by atoms with E-state index in [2.05, 4.69) is 30.6 Å². The number of aromatic nitrogens is 6. The largest absolute Gasteiger partial charge is 0.369 e. The number of hydroxylamine groups is 1. The lowest BCUT2D eigenvalue weighted by Crippen LogP contribution is -2.19. The van der Waals surface area contributed by atoms with Crippen molar-refractivity contribution < 1.29 is 10.0 Å². The molecule has 0 saturated carbocycles. The molecule has 3 aromatic heterocycles. The maximum absolute atomic E-state index is 11.2. The summed E-state index contributed by atoms with van der Waals surface area (Å²) in [5.74, 6) is 1.51. The number of H-pyrrole nitrogens is 1. The van der Waals surface area contributed by atoms with E-state index >= 15 is 0 Å². The summed E-state index contributed by atoms with van der Waals surface area (Å²) < 4.78 is 0. The standard InChI is InChI=1S/C20H23N9O2/c1-2-13(26-20-16-19(23-10-22-16)24-11-25-20)18-27-14-7-4-3-6-12(14)17(28-18)21-9-5-8-15(30)29-31/h3-4,6-7,10-11,13,31H,2,5,8-9H2,1H3,(H,29,30)(H,21,27,28)(H2,22,23,24,25,26). The highest BCUT2D eigenvalue weighted by molar-refractivity contribution is 5.89. The summed E-state index contributed by atoms with van der Waals surface area (Å²) in [5, 5.41) is 16.2. The zero-order valence-corrected chi connectivity index (χ0v) is 17.0. The number of nitrogens with zero attached hydrogens (tertiary/aromatic N) is 5. The number of imidazole rings is 1. The number of hydrogen-bond donors (Lipinski definition) is 5. The van der Waals surface area contributed by atoms with Gasteiger partial charge in [-0.3, -0.25) is 10.0 Å². The number of hydrogen-bond acceptors (Lipinski definition) is 9. The van der Waals surface area contributed by atoms with Crippen molar-refractivity contribution in [1.29, 1.82) is 0 Å². The maximum Gasteiger partial charge on any atom is 0.243 e. The molecule has 4 rings (SSSR count).